The molecule has 3 nitrogen and oxygen atoms in total. The Balaban J connectivity index is 2.01. The van der Waals surface area contributed by atoms with Gasteiger partial charge in [-0.25, -0.2) is 9.97 Å². The van der Waals surface area contributed by atoms with Gasteiger partial charge >= 0.3 is 6.18 Å². The van der Waals surface area contributed by atoms with Crippen molar-refractivity contribution in [1.29, 1.82) is 0 Å². The summed E-state index contributed by atoms with van der Waals surface area (Å²) in [5.74, 6) is 0.136. The van der Waals surface area contributed by atoms with E-state index in [4.69, 9.17) is 0 Å². The number of nitrogens with one attached hydrogen (secondary N) is 1. The number of rotatable bonds is 4. The first-order chi connectivity index (χ1) is 9.47. The summed E-state index contributed by atoms with van der Waals surface area (Å²) in [5, 5.41) is 2.83. The van der Waals surface area contributed by atoms with Crippen molar-refractivity contribution < 1.29 is 13.2 Å². The van der Waals surface area contributed by atoms with E-state index >= 15 is 0 Å². The number of hydrogen-bond donors (Lipinski definition) is 1. The standard InChI is InChI=1S/C14H14F3N3/c1-10(11-5-3-2-4-6-11)9-19-13-18-8-7-12(20-13)14(15,16)17/h2-8,10H,9H2,1H3,(H,18,19,20). The maximum absolute atomic E-state index is 12.5. The Morgan fingerprint density at radius 1 is 1.15 bits per heavy atom. The molecule has 6 heteroatoms. The Labute approximate surface area is 114 Å². The molecular formula is C14H14F3N3. The second-order valence-corrected chi connectivity index (χ2v) is 4.46. The van der Waals surface area contributed by atoms with Gasteiger partial charge in [-0.1, -0.05) is 37.3 Å². The minimum Gasteiger partial charge on any atom is -0.354 e. The van der Waals surface area contributed by atoms with Gasteiger partial charge in [0.05, 0.1) is 0 Å². The molecule has 0 amide bonds. The Kier molecular flexibility index (Phi) is 4.22. The van der Waals surface area contributed by atoms with E-state index in [1.54, 1.807) is 0 Å². The average Bonchev–Trinajstić information content (AvgIpc) is 2.45. The molecule has 0 saturated carbocycles. The van der Waals surface area contributed by atoms with E-state index in [1.165, 1.54) is 0 Å². The SMILES string of the molecule is CC(CNc1nccc(C(F)(F)F)n1)c1ccccc1. The predicted molar refractivity (Wildman–Crippen MR) is 70.4 cm³/mol. The maximum Gasteiger partial charge on any atom is 0.433 e. The lowest BCUT2D eigenvalue weighted by atomic mass is 10.0. The smallest absolute Gasteiger partial charge is 0.354 e. The number of alkyl halides is 3. The van der Waals surface area contributed by atoms with Crippen LogP contribution in [0.1, 0.15) is 24.1 Å². The van der Waals surface area contributed by atoms with Gasteiger partial charge in [-0.15, -0.1) is 0 Å². The van der Waals surface area contributed by atoms with Crippen molar-refractivity contribution in [2.45, 2.75) is 19.0 Å². The molecule has 106 valence electrons. The van der Waals surface area contributed by atoms with Crippen LogP contribution in [0.2, 0.25) is 0 Å². The molecule has 0 aliphatic carbocycles. The van der Waals surface area contributed by atoms with Gasteiger partial charge in [-0.05, 0) is 17.5 Å². The lowest BCUT2D eigenvalue weighted by Gasteiger charge is -2.13. The molecule has 1 aromatic heterocycles. The fourth-order valence-corrected chi connectivity index (χ4v) is 1.75. The highest BCUT2D eigenvalue weighted by molar-refractivity contribution is 5.28. The first-order valence-corrected chi connectivity index (χ1v) is 6.16. The molecule has 1 aromatic carbocycles. The highest BCUT2D eigenvalue weighted by Gasteiger charge is 2.32. The van der Waals surface area contributed by atoms with Gasteiger partial charge < -0.3 is 5.32 Å². The minimum atomic E-state index is -4.45. The van der Waals surface area contributed by atoms with Crippen molar-refractivity contribution in [2.24, 2.45) is 0 Å². The number of halogens is 3. The Morgan fingerprint density at radius 2 is 1.85 bits per heavy atom. The van der Waals surface area contributed by atoms with Crippen LogP contribution >= 0.6 is 0 Å². The molecule has 1 heterocycles. The Bertz CT molecular complexity index is 555. The van der Waals surface area contributed by atoms with Crippen LogP contribution in [0.5, 0.6) is 0 Å². The van der Waals surface area contributed by atoms with Gasteiger partial charge in [0.15, 0.2) is 0 Å². The summed E-state index contributed by atoms with van der Waals surface area (Å²) >= 11 is 0. The third-order valence-corrected chi connectivity index (χ3v) is 2.88. The van der Waals surface area contributed by atoms with Crippen LogP contribution in [0, 0.1) is 0 Å². The fraction of sp³-hybridized carbons (Fsp3) is 0.286. The van der Waals surface area contributed by atoms with Crippen molar-refractivity contribution >= 4 is 5.95 Å². The lowest BCUT2D eigenvalue weighted by Crippen LogP contribution is -2.15. The van der Waals surface area contributed by atoms with Crippen LogP contribution in [0.25, 0.3) is 0 Å². The summed E-state index contributed by atoms with van der Waals surface area (Å²) in [5.41, 5.74) is 0.161. The summed E-state index contributed by atoms with van der Waals surface area (Å²) in [6.45, 7) is 2.45. The van der Waals surface area contributed by atoms with Crippen LogP contribution in [0.3, 0.4) is 0 Å². The highest BCUT2D eigenvalue weighted by atomic mass is 19.4. The Hall–Kier alpha value is -2.11. The molecule has 1 unspecified atom stereocenters. The van der Waals surface area contributed by atoms with Crippen molar-refractivity contribution in [1.82, 2.24) is 9.97 Å². The second-order valence-electron chi connectivity index (χ2n) is 4.46. The van der Waals surface area contributed by atoms with Gasteiger partial charge in [0.1, 0.15) is 5.69 Å². The summed E-state index contributed by atoms with van der Waals surface area (Å²) in [4.78, 5) is 7.26. The summed E-state index contributed by atoms with van der Waals surface area (Å²) in [6.07, 6.45) is -3.35. The largest absolute Gasteiger partial charge is 0.433 e. The number of benzene rings is 1. The molecule has 1 atom stereocenters. The molecule has 0 saturated heterocycles. The van der Waals surface area contributed by atoms with Gasteiger partial charge in [0.2, 0.25) is 5.95 Å². The summed E-state index contributed by atoms with van der Waals surface area (Å²) in [6, 6.07) is 10.6. The second kappa shape index (κ2) is 5.90. The molecule has 0 aliphatic heterocycles. The van der Waals surface area contributed by atoms with Crippen LogP contribution in [-0.2, 0) is 6.18 Å². The molecule has 0 bridgehead atoms. The van der Waals surface area contributed by atoms with E-state index < -0.39 is 11.9 Å². The number of nitrogens with zero attached hydrogens (tertiary/aromatic N) is 2. The van der Waals surface area contributed by atoms with Gasteiger partial charge in [0, 0.05) is 12.7 Å². The van der Waals surface area contributed by atoms with Crippen molar-refractivity contribution in [3.05, 3.63) is 53.9 Å². The fourth-order valence-electron chi connectivity index (χ4n) is 1.75. The van der Waals surface area contributed by atoms with Gasteiger partial charge in [0.25, 0.3) is 0 Å². The van der Waals surface area contributed by atoms with E-state index in [1.807, 2.05) is 37.3 Å². The van der Waals surface area contributed by atoms with Crippen LogP contribution < -0.4 is 5.32 Å². The van der Waals surface area contributed by atoms with E-state index in [9.17, 15) is 13.2 Å². The molecule has 0 spiro atoms. The van der Waals surface area contributed by atoms with Crippen molar-refractivity contribution in [2.75, 3.05) is 11.9 Å². The molecule has 0 radical (unpaired) electrons. The van der Waals surface area contributed by atoms with E-state index in [0.717, 1.165) is 17.8 Å². The zero-order valence-corrected chi connectivity index (χ0v) is 10.9. The van der Waals surface area contributed by atoms with Gasteiger partial charge in [-0.2, -0.15) is 13.2 Å². The first kappa shape index (κ1) is 14.3. The zero-order chi connectivity index (χ0) is 14.6. The first-order valence-electron chi connectivity index (χ1n) is 6.16. The molecule has 0 fully saturated rings. The van der Waals surface area contributed by atoms with Crippen molar-refractivity contribution in [3.63, 3.8) is 0 Å². The summed E-state index contributed by atoms with van der Waals surface area (Å²) < 4.78 is 37.5. The number of hydrogen-bond acceptors (Lipinski definition) is 3. The third kappa shape index (κ3) is 3.69. The zero-order valence-electron chi connectivity index (χ0n) is 10.9. The molecule has 2 aromatic rings. The maximum atomic E-state index is 12.5. The number of anilines is 1. The topological polar surface area (TPSA) is 37.8 Å². The lowest BCUT2D eigenvalue weighted by molar-refractivity contribution is -0.141. The van der Waals surface area contributed by atoms with Crippen LogP contribution in [-0.4, -0.2) is 16.5 Å². The summed E-state index contributed by atoms with van der Waals surface area (Å²) in [7, 11) is 0. The van der Waals surface area contributed by atoms with Crippen LogP contribution in [0.15, 0.2) is 42.6 Å². The number of aromatic nitrogens is 2. The normalized spacial score (nSPS) is 13.0. The Morgan fingerprint density at radius 3 is 2.50 bits per heavy atom. The molecule has 1 N–H and O–H groups in total. The average molecular weight is 281 g/mol. The van der Waals surface area contributed by atoms with Crippen LogP contribution in [0.4, 0.5) is 19.1 Å². The molecule has 2 rings (SSSR count). The van der Waals surface area contributed by atoms with Crippen molar-refractivity contribution in [3.8, 4) is 0 Å². The molecule has 0 aliphatic rings. The third-order valence-electron chi connectivity index (χ3n) is 2.88. The monoisotopic (exact) mass is 281 g/mol. The molecular weight excluding hydrogens is 267 g/mol. The van der Waals surface area contributed by atoms with Gasteiger partial charge in [-0.3, -0.25) is 0 Å². The van der Waals surface area contributed by atoms with E-state index in [2.05, 4.69) is 15.3 Å². The van der Waals surface area contributed by atoms with E-state index in [0.29, 0.717) is 6.54 Å². The highest BCUT2D eigenvalue weighted by Crippen LogP contribution is 2.27. The van der Waals surface area contributed by atoms with E-state index in [-0.39, 0.29) is 11.9 Å². The predicted octanol–water partition coefficient (Wildman–Crippen LogP) is 3.71. The quantitative estimate of drug-likeness (QED) is 0.928. The molecule has 20 heavy (non-hydrogen) atoms. The minimum absolute atomic E-state index is 0.0115.